The van der Waals surface area contributed by atoms with Crippen LogP contribution in [0.15, 0.2) is 60.7 Å². The molecule has 2 radical (unpaired) electrons. The number of halogens is 1. The molecule has 0 aliphatic carbocycles. The molecule has 0 aliphatic rings. The van der Waals surface area contributed by atoms with Crippen molar-refractivity contribution in [3.8, 4) is 5.75 Å². The van der Waals surface area contributed by atoms with Gasteiger partial charge in [-0.15, -0.1) is 0 Å². The summed E-state index contributed by atoms with van der Waals surface area (Å²) in [5, 5.41) is 0. The fourth-order valence-electron chi connectivity index (χ4n) is 1.09. The van der Waals surface area contributed by atoms with Crippen LogP contribution in [0.5, 0.6) is 5.75 Å². The SMILES string of the molecule is COc1ccccc1.C[C-]=O.Cc1ccccc1.F.[CH3-].[CH3-].[HH].[W].[Y].[Y]. The zero-order chi connectivity index (χ0) is 13.6. The monoisotopic (exact) mass is 657 g/mol. The molecule has 0 heterocycles. The Balaban J connectivity index is -0.0000000269. The van der Waals surface area contributed by atoms with Gasteiger partial charge in [-0.25, -0.2) is 0 Å². The Labute approximate surface area is 213 Å². The van der Waals surface area contributed by atoms with Gasteiger partial charge in [-0.2, -0.15) is 6.92 Å². The van der Waals surface area contributed by atoms with Crippen molar-refractivity contribution >= 4 is 6.29 Å². The normalized spacial score (nSPS) is 5.96. The van der Waals surface area contributed by atoms with Gasteiger partial charge in [0.15, 0.2) is 0 Å². The molecule has 0 amide bonds. The number of para-hydroxylation sites is 1. The van der Waals surface area contributed by atoms with Gasteiger partial charge in [0.1, 0.15) is 5.75 Å². The Morgan fingerprint density at radius 1 is 0.875 bits per heavy atom. The van der Waals surface area contributed by atoms with Crippen molar-refractivity contribution in [3.63, 3.8) is 0 Å². The Bertz CT molecular complexity index is 424. The molecule has 0 saturated heterocycles. The molecule has 2 aromatic carbocycles. The van der Waals surface area contributed by atoms with Gasteiger partial charge in [-0.1, -0.05) is 54.1 Å². The van der Waals surface area contributed by atoms with E-state index >= 15 is 0 Å². The zero-order valence-corrected chi connectivity index (χ0v) is 23.7. The molecule has 0 unspecified atom stereocenters. The second-order valence-corrected chi connectivity index (χ2v) is 3.38. The number of ether oxygens (including phenoxy) is 1. The summed E-state index contributed by atoms with van der Waals surface area (Å²) in [6.07, 6.45) is 1.50. The maximum absolute atomic E-state index is 8.68. The maximum Gasteiger partial charge on any atom is 0.118 e. The number of hydrogen-bond donors (Lipinski definition) is 0. The first-order valence-electron chi connectivity index (χ1n) is 5.64. The minimum Gasteiger partial charge on any atom is -0.542 e. The summed E-state index contributed by atoms with van der Waals surface area (Å²) in [7, 11) is 1.66. The molecular weight excluding hydrogens is 629 g/mol. The first kappa shape index (κ1) is 44.3. The van der Waals surface area contributed by atoms with Gasteiger partial charge in [-0.3, -0.25) is 11.0 Å². The molecule has 0 bridgehead atoms. The maximum atomic E-state index is 8.68. The molecule has 0 aromatic heterocycles. The van der Waals surface area contributed by atoms with E-state index in [1.807, 2.05) is 48.5 Å². The summed E-state index contributed by atoms with van der Waals surface area (Å²) in [6, 6.07) is 19.9. The molecular formula is C18H28FO2WY2-3. The smallest absolute Gasteiger partial charge is 0.118 e. The number of aryl methyl sites for hydroxylation is 1. The van der Waals surface area contributed by atoms with Crippen molar-refractivity contribution in [2.45, 2.75) is 13.8 Å². The van der Waals surface area contributed by atoms with E-state index in [2.05, 4.69) is 19.1 Å². The van der Waals surface area contributed by atoms with E-state index in [1.165, 1.54) is 18.8 Å². The minimum atomic E-state index is 0. The van der Waals surface area contributed by atoms with Crippen LogP contribution in [-0.4, -0.2) is 13.4 Å². The number of methoxy groups -OCH3 is 1. The third-order valence-corrected chi connectivity index (χ3v) is 1.92. The van der Waals surface area contributed by atoms with E-state index in [0.717, 1.165) is 5.75 Å². The van der Waals surface area contributed by atoms with Crippen LogP contribution >= 0.6 is 0 Å². The number of carbonyl (C=O) groups excluding carboxylic acids is 1. The molecule has 0 N–H and O–H groups in total. The average molecular weight is 657 g/mol. The minimum absolute atomic E-state index is 0. The predicted molar refractivity (Wildman–Crippen MR) is 93.0 cm³/mol. The van der Waals surface area contributed by atoms with Gasteiger partial charge in [-0.05, 0) is 19.1 Å². The number of rotatable bonds is 1. The van der Waals surface area contributed by atoms with Gasteiger partial charge in [0.05, 0.1) is 7.11 Å². The second-order valence-electron chi connectivity index (χ2n) is 3.38. The third kappa shape index (κ3) is 30.6. The molecule has 2 rings (SSSR count). The largest absolute Gasteiger partial charge is 0.542 e. The number of hydrogen-bond acceptors (Lipinski definition) is 2. The summed E-state index contributed by atoms with van der Waals surface area (Å²) in [4.78, 5) is 8.68. The topological polar surface area (TPSA) is 26.3 Å². The quantitative estimate of drug-likeness (QED) is 0.400. The van der Waals surface area contributed by atoms with Crippen LogP contribution in [0, 0.1) is 21.8 Å². The first-order chi connectivity index (χ1) is 8.74. The van der Waals surface area contributed by atoms with Gasteiger partial charge >= 0.3 is 0 Å². The molecule has 134 valence electrons. The van der Waals surface area contributed by atoms with E-state index in [0.29, 0.717) is 0 Å². The van der Waals surface area contributed by atoms with Crippen LogP contribution in [0.2, 0.25) is 0 Å². The first-order valence-corrected chi connectivity index (χ1v) is 5.64. The van der Waals surface area contributed by atoms with Gasteiger partial charge in [0, 0.05) is 87.9 Å². The van der Waals surface area contributed by atoms with Gasteiger partial charge in [0.25, 0.3) is 0 Å². The van der Waals surface area contributed by atoms with Crippen molar-refractivity contribution in [2.75, 3.05) is 7.11 Å². The molecule has 6 heteroatoms. The molecule has 24 heavy (non-hydrogen) atoms. The van der Waals surface area contributed by atoms with E-state index < -0.39 is 0 Å². The Kier molecular flexibility index (Phi) is 64.5. The Hall–Kier alpha value is 0.736. The van der Waals surface area contributed by atoms with Crippen LogP contribution in [-0.2, 0) is 91.3 Å². The van der Waals surface area contributed by atoms with Crippen LogP contribution < -0.4 is 4.74 Å². The molecule has 2 aromatic rings. The van der Waals surface area contributed by atoms with E-state index in [4.69, 9.17) is 9.53 Å². The fourth-order valence-corrected chi connectivity index (χ4v) is 1.09. The summed E-state index contributed by atoms with van der Waals surface area (Å²) in [5.74, 6) is 0.910. The molecule has 0 spiro atoms. The van der Waals surface area contributed by atoms with E-state index in [1.54, 1.807) is 7.11 Å². The van der Waals surface area contributed by atoms with Crippen molar-refractivity contribution in [1.82, 2.24) is 0 Å². The average Bonchev–Trinajstić information content (AvgIpc) is 2.42. The van der Waals surface area contributed by atoms with Gasteiger partial charge in [0.2, 0.25) is 0 Å². The second kappa shape index (κ2) is 35.0. The van der Waals surface area contributed by atoms with Crippen molar-refractivity contribution in [3.05, 3.63) is 81.1 Å². The van der Waals surface area contributed by atoms with Gasteiger partial charge < -0.3 is 24.4 Å². The van der Waals surface area contributed by atoms with Crippen LogP contribution in [0.3, 0.4) is 0 Å². The Morgan fingerprint density at radius 2 is 1.17 bits per heavy atom. The standard InChI is InChI=1S/C7H8O.C7H8.C2H3O.2CH3.FH.W.2Y.H2/c1-8-7-5-3-2-4-6-7;1-7-5-3-2-4-6-7;1-2-3;;;;;;;/h2-6H,1H3;2-6H,1H3;1H3;2*1H3;1H;;;;1H/q;;3*-1;;;;;. The van der Waals surface area contributed by atoms with Crippen molar-refractivity contribution < 1.29 is 102 Å². The van der Waals surface area contributed by atoms with Crippen LogP contribution in [0.1, 0.15) is 13.9 Å². The van der Waals surface area contributed by atoms with Crippen molar-refractivity contribution in [2.24, 2.45) is 0 Å². The molecule has 0 fully saturated rings. The fraction of sp³-hybridized carbons (Fsp3) is 0.167. The van der Waals surface area contributed by atoms with E-state index in [9.17, 15) is 0 Å². The third-order valence-electron chi connectivity index (χ3n) is 1.92. The van der Waals surface area contributed by atoms with Crippen LogP contribution in [0.25, 0.3) is 0 Å². The molecule has 0 aliphatic heterocycles. The molecule has 0 atom stereocenters. The number of benzene rings is 2. The van der Waals surface area contributed by atoms with Crippen LogP contribution in [0.4, 0.5) is 4.70 Å². The zero-order valence-electron chi connectivity index (χ0n) is 15.1. The summed E-state index contributed by atoms with van der Waals surface area (Å²) in [6.45, 7) is 3.40. The molecule has 2 nitrogen and oxygen atoms in total. The summed E-state index contributed by atoms with van der Waals surface area (Å²) in [5.41, 5.74) is 1.32. The Morgan fingerprint density at radius 3 is 1.33 bits per heavy atom. The van der Waals surface area contributed by atoms with E-state index in [-0.39, 0.29) is 107 Å². The summed E-state index contributed by atoms with van der Waals surface area (Å²) >= 11 is 0. The molecule has 0 saturated carbocycles. The predicted octanol–water partition coefficient (Wildman–Crippen LogP) is 5.10. The summed E-state index contributed by atoms with van der Waals surface area (Å²) < 4.78 is 4.91. The van der Waals surface area contributed by atoms with Crippen molar-refractivity contribution in [1.29, 1.82) is 0 Å².